The summed E-state index contributed by atoms with van der Waals surface area (Å²) in [7, 11) is 0. The number of rotatable bonds is 6. The van der Waals surface area contributed by atoms with Crippen molar-refractivity contribution in [2.75, 3.05) is 29.6 Å². The molecule has 0 bridgehead atoms. The van der Waals surface area contributed by atoms with Gasteiger partial charge in [-0.3, -0.25) is 0 Å². The average Bonchev–Trinajstić information content (AvgIpc) is 2.61. The molecule has 3 nitrogen and oxygen atoms in total. The van der Waals surface area contributed by atoms with E-state index in [2.05, 4.69) is 6.58 Å². The molecule has 0 amide bonds. The second-order valence-corrected chi connectivity index (χ2v) is 8.07. The van der Waals surface area contributed by atoms with Crippen molar-refractivity contribution in [2.24, 2.45) is 5.92 Å². The Morgan fingerprint density at radius 2 is 1.96 bits per heavy atom. The fourth-order valence-corrected chi connectivity index (χ4v) is 4.99. The summed E-state index contributed by atoms with van der Waals surface area (Å²) in [4.78, 5) is 12.0. The number of hydrogen-bond acceptors (Lipinski definition) is 5. The lowest BCUT2D eigenvalue weighted by Crippen LogP contribution is -2.14. The number of carbonyl (C=O) groups excluding carboxylic acids is 1. The van der Waals surface area contributed by atoms with E-state index in [0.717, 1.165) is 41.4 Å². The number of nitrogens with zero attached hydrogens (tertiary/aromatic N) is 1. The van der Waals surface area contributed by atoms with Gasteiger partial charge in [0.05, 0.1) is 6.61 Å². The third kappa shape index (κ3) is 7.41. The molecule has 0 aliphatic carbocycles. The number of ether oxygens (including phenoxy) is 1. The molecule has 5 heteroatoms. The zero-order valence-corrected chi connectivity index (χ0v) is 15.9. The van der Waals surface area contributed by atoms with Gasteiger partial charge in [0.1, 0.15) is 11.6 Å². The molecule has 2 rings (SSSR count). The normalized spacial score (nSPS) is 16.6. The lowest BCUT2D eigenvalue weighted by molar-refractivity contribution is -0.138. The van der Waals surface area contributed by atoms with Crippen LogP contribution in [0.3, 0.4) is 0 Å². The van der Waals surface area contributed by atoms with Gasteiger partial charge in [0.25, 0.3) is 0 Å². The molecule has 25 heavy (non-hydrogen) atoms. The standard InChI is InChI=1S/C20H23NO2S2/c1-16-12-24-14-18(15-25-13-16)8-5-9-23-20(22)19(11-21)10-17-6-3-2-4-7-17/h2-4,6-7,10,18H,1,5,8-9,12-15H2/b19-10+. The Morgan fingerprint density at radius 3 is 2.60 bits per heavy atom. The Bertz CT molecular complexity index is 637. The molecule has 0 atom stereocenters. The first-order chi connectivity index (χ1) is 12.2. The fourth-order valence-electron chi connectivity index (χ4n) is 2.46. The molecule has 1 saturated heterocycles. The van der Waals surface area contributed by atoms with E-state index >= 15 is 0 Å². The van der Waals surface area contributed by atoms with Crippen LogP contribution in [-0.4, -0.2) is 35.6 Å². The molecule has 0 aromatic heterocycles. The first-order valence-corrected chi connectivity index (χ1v) is 10.7. The maximum Gasteiger partial charge on any atom is 0.348 e. The molecule has 0 unspecified atom stereocenters. The molecule has 0 spiro atoms. The van der Waals surface area contributed by atoms with Gasteiger partial charge in [-0.15, -0.1) is 0 Å². The monoisotopic (exact) mass is 373 g/mol. The number of nitriles is 1. The van der Waals surface area contributed by atoms with Gasteiger partial charge in [-0.25, -0.2) is 4.79 Å². The number of carbonyl (C=O) groups is 1. The maximum atomic E-state index is 12.0. The van der Waals surface area contributed by atoms with Crippen molar-refractivity contribution in [3.63, 3.8) is 0 Å². The lowest BCUT2D eigenvalue weighted by Gasteiger charge is -2.19. The largest absolute Gasteiger partial charge is 0.462 e. The van der Waals surface area contributed by atoms with E-state index in [1.165, 1.54) is 5.57 Å². The third-order valence-corrected chi connectivity index (χ3v) is 6.40. The molecule has 0 saturated carbocycles. The highest BCUT2D eigenvalue weighted by molar-refractivity contribution is 8.01. The highest BCUT2D eigenvalue weighted by Gasteiger charge is 2.14. The Kier molecular flexibility index (Phi) is 8.71. The van der Waals surface area contributed by atoms with Crippen molar-refractivity contribution >= 4 is 35.6 Å². The summed E-state index contributed by atoms with van der Waals surface area (Å²) in [6.07, 6.45) is 3.45. The van der Waals surface area contributed by atoms with Crippen LogP contribution in [0.5, 0.6) is 0 Å². The smallest absolute Gasteiger partial charge is 0.348 e. The SMILES string of the molecule is C=C1CSCC(CCCOC(=O)/C(C#N)=C/c2ccccc2)CSC1. The van der Waals surface area contributed by atoms with Crippen LogP contribution in [0.2, 0.25) is 0 Å². The Labute approximate surface area is 158 Å². The zero-order chi connectivity index (χ0) is 17.9. The summed E-state index contributed by atoms with van der Waals surface area (Å²) in [5.41, 5.74) is 2.18. The number of thioether (sulfide) groups is 2. The summed E-state index contributed by atoms with van der Waals surface area (Å²) in [6.45, 7) is 4.43. The topological polar surface area (TPSA) is 50.1 Å². The third-order valence-electron chi connectivity index (χ3n) is 3.76. The van der Waals surface area contributed by atoms with E-state index in [1.807, 2.05) is 59.9 Å². The highest BCUT2D eigenvalue weighted by Crippen LogP contribution is 2.25. The molecule has 1 fully saturated rings. The summed E-state index contributed by atoms with van der Waals surface area (Å²) < 4.78 is 5.27. The van der Waals surface area contributed by atoms with Crippen molar-refractivity contribution < 1.29 is 9.53 Å². The number of esters is 1. The molecule has 1 aliphatic rings. The van der Waals surface area contributed by atoms with Gasteiger partial charge in [0, 0.05) is 11.5 Å². The van der Waals surface area contributed by atoms with Gasteiger partial charge >= 0.3 is 5.97 Å². The summed E-state index contributed by atoms with van der Waals surface area (Å²) in [5, 5.41) is 9.17. The number of hydrogen-bond donors (Lipinski definition) is 0. The van der Waals surface area contributed by atoms with Gasteiger partial charge in [0.2, 0.25) is 0 Å². The second-order valence-electron chi connectivity index (χ2n) is 6.00. The van der Waals surface area contributed by atoms with Crippen LogP contribution in [0.15, 0.2) is 48.1 Å². The minimum atomic E-state index is -0.538. The van der Waals surface area contributed by atoms with Gasteiger partial charge in [-0.1, -0.05) is 42.5 Å². The van der Waals surface area contributed by atoms with Crippen LogP contribution in [0.25, 0.3) is 6.08 Å². The van der Waals surface area contributed by atoms with Crippen LogP contribution in [0.4, 0.5) is 0 Å². The van der Waals surface area contributed by atoms with Crippen molar-refractivity contribution in [1.82, 2.24) is 0 Å². The first-order valence-electron chi connectivity index (χ1n) is 8.35. The second kappa shape index (κ2) is 11.1. The molecular weight excluding hydrogens is 350 g/mol. The van der Waals surface area contributed by atoms with E-state index < -0.39 is 5.97 Å². The molecule has 1 aromatic carbocycles. The molecule has 1 heterocycles. The Balaban J connectivity index is 1.73. The summed E-state index contributed by atoms with van der Waals surface area (Å²) in [5.74, 6) is 4.48. The van der Waals surface area contributed by atoms with E-state index in [9.17, 15) is 4.79 Å². The fraction of sp³-hybridized carbons (Fsp3) is 0.400. The first kappa shape index (κ1) is 19.7. The van der Waals surface area contributed by atoms with Crippen LogP contribution < -0.4 is 0 Å². The quantitative estimate of drug-likeness (QED) is 0.240. The van der Waals surface area contributed by atoms with Gasteiger partial charge in [0.15, 0.2) is 0 Å². The maximum absolute atomic E-state index is 12.0. The van der Waals surface area contributed by atoms with E-state index in [1.54, 1.807) is 6.08 Å². The summed E-state index contributed by atoms with van der Waals surface area (Å²) in [6, 6.07) is 11.3. The Morgan fingerprint density at radius 1 is 1.28 bits per heavy atom. The molecule has 0 radical (unpaired) electrons. The van der Waals surface area contributed by atoms with Crippen LogP contribution >= 0.6 is 23.5 Å². The van der Waals surface area contributed by atoms with E-state index in [-0.39, 0.29) is 5.57 Å². The van der Waals surface area contributed by atoms with Crippen molar-refractivity contribution in [2.45, 2.75) is 12.8 Å². The van der Waals surface area contributed by atoms with Crippen molar-refractivity contribution in [3.8, 4) is 6.07 Å². The van der Waals surface area contributed by atoms with Crippen LogP contribution in [0.1, 0.15) is 18.4 Å². The minimum Gasteiger partial charge on any atom is -0.462 e. The van der Waals surface area contributed by atoms with Crippen molar-refractivity contribution in [1.29, 1.82) is 5.26 Å². The zero-order valence-electron chi connectivity index (χ0n) is 14.3. The predicted molar refractivity (Wildman–Crippen MR) is 108 cm³/mol. The molecule has 0 N–H and O–H groups in total. The minimum absolute atomic E-state index is 0.0433. The molecular formula is C20H23NO2S2. The van der Waals surface area contributed by atoms with E-state index in [4.69, 9.17) is 10.00 Å². The molecule has 1 aromatic rings. The van der Waals surface area contributed by atoms with Gasteiger partial charge in [-0.2, -0.15) is 28.8 Å². The number of benzene rings is 1. The predicted octanol–water partition coefficient (Wildman–Crippen LogP) is 4.57. The average molecular weight is 374 g/mol. The van der Waals surface area contributed by atoms with E-state index in [0.29, 0.717) is 12.5 Å². The molecule has 132 valence electrons. The van der Waals surface area contributed by atoms with Crippen LogP contribution in [0, 0.1) is 17.2 Å². The highest BCUT2D eigenvalue weighted by atomic mass is 32.2. The van der Waals surface area contributed by atoms with Gasteiger partial charge < -0.3 is 4.74 Å². The summed E-state index contributed by atoms with van der Waals surface area (Å²) >= 11 is 3.89. The lowest BCUT2D eigenvalue weighted by atomic mass is 10.1. The molecule has 1 aliphatic heterocycles. The Hall–Kier alpha value is -1.64. The van der Waals surface area contributed by atoms with Crippen LogP contribution in [-0.2, 0) is 9.53 Å². The van der Waals surface area contributed by atoms with Crippen molar-refractivity contribution in [3.05, 3.63) is 53.6 Å². The van der Waals surface area contributed by atoms with Gasteiger partial charge in [-0.05, 0) is 41.9 Å².